The number of amides is 3. The van der Waals surface area contributed by atoms with Crippen LogP contribution in [0.1, 0.15) is 28.5 Å². The Balaban J connectivity index is 1.58. The van der Waals surface area contributed by atoms with Crippen LogP contribution in [0, 0.1) is 13.8 Å². The minimum Gasteiger partial charge on any atom is -0.494 e. The lowest BCUT2D eigenvalue weighted by Crippen LogP contribution is -2.36. The Labute approximate surface area is 216 Å². The summed E-state index contributed by atoms with van der Waals surface area (Å²) in [6, 6.07) is 19.3. The van der Waals surface area contributed by atoms with Crippen molar-refractivity contribution in [2.45, 2.75) is 20.8 Å². The van der Waals surface area contributed by atoms with Crippen LogP contribution in [0.3, 0.4) is 0 Å². The summed E-state index contributed by atoms with van der Waals surface area (Å²) in [7, 11) is 0. The molecule has 36 heavy (non-hydrogen) atoms. The van der Waals surface area contributed by atoms with E-state index in [2.05, 4.69) is 32.0 Å². The summed E-state index contributed by atoms with van der Waals surface area (Å²) in [5.74, 6) is -1.58. The van der Waals surface area contributed by atoms with Crippen molar-refractivity contribution < 1.29 is 19.1 Å². The minimum absolute atomic E-state index is 0.170. The van der Waals surface area contributed by atoms with Gasteiger partial charge in [0.05, 0.1) is 12.1 Å². The molecule has 0 aliphatic heterocycles. The summed E-state index contributed by atoms with van der Waals surface area (Å²) in [4.78, 5) is 38.6. The standard InChI is InChI=1S/C27H25BrN4O4/c1-4-36-22-10-8-20(9-11-22)29-26(34)27(35)31-32-23-12-6-19(28)14-18(23)15-24(32)25(33)30-21-7-5-16(2)17(3)13-21/h5-15H,4H2,1-3H3,(H,29,34)(H,30,33)(H,31,35). The average Bonchev–Trinajstić information content (AvgIpc) is 3.20. The number of hydrogen-bond donors (Lipinski definition) is 3. The van der Waals surface area contributed by atoms with E-state index in [1.165, 1.54) is 4.68 Å². The topological polar surface area (TPSA) is 101 Å². The Kier molecular flexibility index (Phi) is 7.40. The molecule has 184 valence electrons. The van der Waals surface area contributed by atoms with Crippen LogP contribution < -0.4 is 20.8 Å². The van der Waals surface area contributed by atoms with Gasteiger partial charge in [0.1, 0.15) is 11.4 Å². The van der Waals surface area contributed by atoms with Crippen LogP contribution >= 0.6 is 15.9 Å². The van der Waals surface area contributed by atoms with Crippen LogP contribution in [0.25, 0.3) is 10.9 Å². The largest absolute Gasteiger partial charge is 0.494 e. The van der Waals surface area contributed by atoms with Crippen LogP contribution in [-0.2, 0) is 9.59 Å². The smallest absolute Gasteiger partial charge is 0.328 e. The van der Waals surface area contributed by atoms with Crippen LogP contribution in [0.5, 0.6) is 5.75 Å². The maximum Gasteiger partial charge on any atom is 0.328 e. The number of aryl methyl sites for hydroxylation is 2. The summed E-state index contributed by atoms with van der Waals surface area (Å²) < 4.78 is 7.52. The quantitative estimate of drug-likeness (QED) is 0.281. The molecule has 3 aromatic carbocycles. The molecule has 0 spiro atoms. The van der Waals surface area contributed by atoms with Gasteiger partial charge in [-0.25, -0.2) is 4.68 Å². The molecule has 8 nitrogen and oxygen atoms in total. The Hall–Kier alpha value is -4.11. The number of ether oxygens (including phenoxy) is 1. The number of fused-ring (bicyclic) bond motifs is 1. The molecule has 0 aliphatic rings. The molecule has 4 rings (SSSR count). The van der Waals surface area contributed by atoms with E-state index in [0.717, 1.165) is 15.6 Å². The zero-order valence-electron chi connectivity index (χ0n) is 20.0. The predicted molar refractivity (Wildman–Crippen MR) is 144 cm³/mol. The number of nitrogens with one attached hydrogen (secondary N) is 3. The van der Waals surface area contributed by atoms with E-state index in [0.29, 0.717) is 34.6 Å². The number of rotatable bonds is 6. The van der Waals surface area contributed by atoms with E-state index in [4.69, 9.17) is 4.74 Å². The van der Waals surface area contributed by atoms with Crippen LogP contribution in [0.15, 0.2) is 71.2 Å². The third-order valence-corrected chi connectivity index (χ3v) is 6.10. The number of halogens is 1. The maximum absolute atomic E-state index is 13.2. The first-order valence-electron chi connectivity index (χ1n) is 11.3. The number of aromatic nitrogens is 1. The van der Waals surface area contributed by atoms with Gasteiger partial charge in [-0.2, -0.15) is 0 Å². The highest BCUT2D eigenvalue weighted by atomic mass is 79.9. The lowest BCUT2D eigenvalue weighted by atomic mass is 10.1. The fourth-order valence-electron chi connectivity index (χ4n) is 3.63. The minimum atomic E-state index is -0.926. The van der Waals surface area contributed by atoms with E-state index in [1.54, 1.807) is 42.5 Å². The molecule has 9 heteroatoms. The average molecular weight is 549 g/mol. The Morgan fingerprint density at radius 1 is 0.833 bits per heavy atom. The van der Waals surface area contributed by atoms with Gasteiger partial charge in [0, 0.05) is 21.2 Å². The predicted octanol–water partition coefficient (Wildman–Crippen LogP) is 5.38. The van der Waals surface area contributed by atoms with Crippen molar-refractivity contribution in [1.29, 1.82) is 0 Å². The molecule has 3 amide bonds. The fourth-order valence-corrected chi connectivity index (χ4v) is 4.01. The van der Waals surface area contributed by atoms with E-state index >= 15 is 0 Å². The number of benzene rings is 3. The SMILES string of the molecule is CCOc1ccc(NC(=O)C(=O)Nn2c(C(=O)Nc3ccc(C)c(C)c3)cc3cc(Br)ccc32)cc1. The molecule has 0 atom stereocenters. The highest BCUT2D eigenvalue weighted by molar-refractivity contribution is 9.10. The number of carbonyl (C=O) groups is 3. The van der Waals surface area contributed by atoms with Gasteiger partial charge in [0.15, 0.2) is 0 Å². The van der Waals surface area contributed by atoms with Gasteiger partial charge in [-0.05, 0) is 92.6 Å². The second kappa shape index (κ2) is 10.7. The fraction of sp³-hybridized carbons (Fsp3) is 0.148. The Bertz CT molecular complexity index is 1460. The second-order valence-electron chi connectivity index (χ2n) is 8.17. The van der Waals surface area contributed by atoms with Gasteiger partial charge >= 0.3 is 11.8 Å². The zero-order chi connectivity index (χ0) is 25.8. The summed E-state index contributed by atoms with van der Waals surface area (Å²) >= 11 is 3.43. The maximum atomic E-state index is 13.2. The molecular weight excluding hydrogens is 524 g/mol. The lowest BCUT2D eigenvalue weighted by molar-refractivity contribution is -0.133. The molecule has 0 radical (unpaired) electrons. The molecule has 1 heterocycles. The van der Waals surface area contributed by atoms with Crippen LogP contribution in [0.4, 0.5) is 11.4 Å². The van der Waals surface area contributed by atoms with E-state index in [1.807, 2.05) is 45.0 Å². The van der Waals surface area contributed by atoms with Crippen molar-refractivity contribution >= 4 is 55.9 Å². The molecule has 0 saturated heterocycles. The number of hydrogen-bond acceptors (Lipinski definition) is 4. The highest BCUT2D eigenvalue weighted by Crippen LogP contribution is 2.24. The van der Waals surface area contributed by atoms with Crippen molar-refractivity contribution in [3.8, 4) is 5.75 Å². The van der Waals surface area contributed by atoms with Crippen molar-refractivity contribution in [3.05, 3.63) is 88.0 Å². The molecule has 3 N–H and O–H groups in total. The normalized spacial score (nSPS) is 10.7. The zero-order valence-corrected chi connectivity index (χ0v) is 21.6. The molecule has 0 fully saturated rings. The monoisotopic (exact) mass is 548 g/mol. The molecule has 0 saturated carbocycles. The van der Waals surface area contributed by atoms with Gasteiger partial charge in [0.25, 0.3) is 5.91 Å². The third-order valence-electron chi connectivity index (χ3n) is 5.60. The Morgan fingerprint density at radius 2 is 1.56 bits per heavy atom. The first kappa shape index (κ1) is 25.0. The molecule has 1 aromatic heterocycles. The Morgan fingerprint density at radius 3 is 2.25 bits per heavy atom. The number of anilines is 2. The van der Waals surface area contributed by atoms with Gasteiger partial charge in [-0.15, -0.1) is 0 Å². The summed E-state index contributed by atoms with van der Waals surface area (Å²) in [6.07, 6.45) is 0. The molecular formula is C27H25BrN4O4. The van der Waals surface area contributed by atoms with Crippen LogP contribution in [-0.4, -0.2) is 29.0 Å². The van der Waals surface area contributed by atoms with Gasteiger partial charge in [0.2, 0.25) is 0 Å². The highest BCUT2D eigenvalue weighted by Gasteiger charge is 2.21. The van der Waals surface area contributed by atoms with Crippen LogP contribution in [0.2, 0.25) is 0 Å². The number of nitrogens with zero attached hydrogens (tertiary/aromatic N) is 1. The summed E-state index contributed by atoms with van der Waals surface area (Å²) in [6.45, 7) is 6.35. The first-order valence-corrected chi connectivity index (χ1v) is 12.1. The van der Waals surface area contributed by atoms with E-state index in [-0.39, 0.29) is 5.69 Å². The van der Waals surface area contributed by atoms with Crippen molar-refractivity contribution in [1.82, 2.24) is 4.68 Å². The third kappa shape index (κ3) is 5.58. The number of carbonyl (C=O) groups excluding carboxylic acids is 3. The van der Waals surface area contributed by atoms with Crippen molar-refractivity contribution in [2.24, 2.45) is 0 Å². The summed E-state index contributed by atoms with van der Waals surface area (Å²) in [5.41, 5.74) is 6.50. The molecule has 0 unspecified atom stereocenters. The van der Waals surface area contributed by atoms with Crippen molar-refractivity contribution in [3.63, 3.8) is 0 Å². The van der Waals surface area contributed by atoms with E-state index in [9.17, 15) is 14.4 Å². The molecule has 0 aliphatic carbocycles. The van der Waals surface area contributed by atoms with Crippen molar-refractivity contribution in [2.75, 3.05) is 22.7 Å². The first-order chi connectivity index (χ1) is 17.2. The van der Waals surface area contributed by atoms with Gasteiger partial charge < -0.3 is 15.4 Å². The van der Waals surface area contributed by atoms with Gasteiger partial charge in [-0.1, -0.05) is 22.0 Å². The van der Waals surface area contributed by atoms with Gasteiger partial charge in [-0.3, -0.25) is 19.8 Å². The molecule has 4 aromatic rings. The molecule has 0 bridgehead atoms. The summed E-state index contributed by atoms with van der Waals surface area (Å²) in [5, 5.41) is 6.13. The lowest BCUT2D eigenvalue weighted by Gasteiger charge is -2.13. The second-order valence-corrected chi connectivity index (χ2v) is 9.09. The van der Waals surface area contributed by atoms with E-state index < -0.39 is 17.7 Å².